The molecule has 37 heavy (non-hydrogen) atoms. The zero-order valence-corrected chi connectivity index (χ0v) is 21.1. The molecule has 1 nitrogen and oxygen atoms in total. The summed E-state index contributed by atoms with van der Waals surface area (Å²) in [6.45, 7) is 4.34. The van der Waals surface area contributed by atoms with Crippen molar-refractivity contribution in [2.24, 2.45) is 15.8 Å². The second kappa shape index (κ2) is 7.17. The average molecular weight is 474 g/mol. The molecule has 0 radical (unpaired) electrons. The van der Waals surface area contributed by atoms with Crippen LogP contribution in [-0.2, 0) is 0 Å². The first-order valence-corrected chi connectivity index (χ1v) is 13.2. The van der Waals surface area contributed by atoms with Crippen LogP contribution in [0.15, 0.2) is 143 Å². The Bertz CT molecular complexity index is 1620. The van der Waals surface area contributed by atoms with E-state index in [1.807, 2.05) is 0 Å². The maximum Gasteiger partial charge on any atom is 0.0806 e. The molecule has 176 valence electrons. The summed E-state index contributed by atoms with van der Waals surface area (Å²) in [5.74, 6) is 0. The minimum atomic E-state index is 0.0747. The molecule has 0 heterocycles. The number of aliphatic imine (C=N–C) groups is 1. The Morgan fingerprint density at radius 1 is 0.595 bits per heavy atom. The summed E-state index contributed by atoms with van der Waals surface area (Å²) in [6.07, 6.45) is 15.4. The Balaban J connectivity index is 1.53. The molecule has 0 aromatic heterocycles. The monoisotopic (exact) mass is 473 g/mol. The molecule has 1 spiro atoms. The SMILES string of the molecule is Cc1cccc(C)c1N=C1C(c2ccccc2)=C2C3=CC=CC45C=CC=C(C2=C1c1ccccc1)C34C5. The molecule has 0 unspecified atom stereocenters. The number of allylic oxidation sites excluding steroid dienone is 12. The van der Waals surface area contributed by atoms with Gasteiger partial charge in [0.25, 0.3) is 0 Å². The maximum atomic E-state index is 5.54. The van der Waals surface area contributed by atoms with Gasteiger partial charge in [0.05, 0.1) is 11.4 Å². The molecule has 2 saturated carbocycles. The van der Waals surface area contributed by atoms with Crippen molar-refractivity contribution in [3.05, 3.63) is 160 Å². The van der Waals surface area contributed by atoms with E-state index in [-0.39, 0.29) is 10.8 Å². The number of rotatable bonds is 3. The van der Waals surface area contributed by atoms with Crippen LogP contribution >= 0.6 is 0 Å². The summed E-state index contributed by atoms with van der Waals surface area (Å²) >= 11 is 0. The van der Waals surface area contributed by atoms with E-state index >= 15 is 0 Å². The van der Waals surface area contributed by atoms with E-state index in [2.05, 4.69) is 129 Å². The standard InChI is InChI=1S/C36H27N/c1-23-12-9-13-24(2)33(23)37-34-29(25-14-5-3-6-15-25)31-27-18-10-20-35-21-11-19-28(36(27,35)22-35)32(31)30(34)26-16-7-4-8-17-26/h3-21H,22H2,1-2H3. The van der Waals surface area contributed by atoms with Crippen LogP contribution in [0.1, 0.15) is 28.7 Å². The predicted molar refractivity (Wildman–Crippen MR) is 154 cm³/mol. The van der Waals surface area contributed by atoms with Crippen LogP contribution in [0.25, 0.3) is 11.1 Å². The normalized spacial score (nSPS) is 26.1. The van der Waals surface area contributed by atoms with Gasteiger partial charge in [-0.2, -0.15) is 0 Å². The highest BCUT2D eigenvalue weighted by molar-refractivity contribution is 6.51. The molecule has 0 N–H and O–H groups in total. The Hall–Kier alpha value is -4.23. The van der Waals surface area contributed by atoms with Crippen molar-refractivity contribution in [1.82, 2.24) is 0 Å². The summed E-state index contributed by atoms with van der Waals surface area (Å²) in [7, 11) is 0. The number of benzene rings is 3. The third-order valence-corrected chi connectivity index (χ3v) is 9.01. The van der Waals surface area contributed by atoms with Gasteiger partial charge in [0.1, 0.15) is 0 Å². The van der Waals surface area contributed by atoms with E-state index in [9.17, 15) is 0 Å². The molecule has 3 aromatic carbocycles. The molecule has 5 aliphatic carbocycles. The first-order valence-electron chi connectivity index (χ1n) is 13.2. The van der Waals surface area contributed by atoms with E-state index in [0.717, 1.165) is 17.8 Å². The summed E-state index contributed by atoms with van der Waals surface area (Å²) in [4.78, 5) is 5.54. The van der Waals surface area contributed by atoms with Crippen molar-refractivity contribution >= 4 is 22.5 Å². The molecule has 1 heteroatoms. The molecule has 2 fully saturated rings. The summed E-state index contributed by atoms with van der Waals surface area (Å²) in [5, 5.41) is 0. The van der Waals surface area contributed by atoms with Crippen molar-refractivity contribution in [2.45, 2.75) is 20.3 Å². The van der Waals surface area contributed by atoms with Crippen molar-refractivity contribution in [1.29, 1.82) is 0 Å². The lowest BCUT2D eigenvalue weighted by atomic mass is 9.77. The van der Waals surface area contributed by atoms with Crippen LogP contribution < -0.4 is 0 Å². The summed E-state index contributed by atoms with van der Waals surface area (Å²) < 4.78 is 0. The topological polar surface area (TPSA) is 12.4 Å². The number of para-hydroxylation sites is 1. The molecular formula is C36H27N. The van der Waals surface area contributed by atoms with Gasteiger partial charge in [-0.15, -0.1) is 0 Å². The third kappa shape index (κ3) is 2.57. The Kier molecular flexibility index (Phi) is 4.05. The van der Waals surface area contributed by atoms with Gasteiger partial charge in [-0.3, -0.25) is 0 Å². The van der Waals surface area contributed by atoms with Crippen LogP contribution in [0.2, 0.25) is 0 Å². The lowest BCUT2D eigenvalue weighted by Gasteiger charge is -2.26. The second-order valence-corrected chi connectivity index (χ2v) is 10.9. The maximum absolute atomic E-state index is 5.54. The lowest BCUT2D eigenvalue weighted by Crippen LogP contribution is -2.17. The highest BCUT2D eigenvalue weighted by Gasteiger charge is 2.74. The first-order chi connectivity index (χ1) is 18.1. The third-order valence-electron chi connectivity index (χ3n) is 9.01. The fourth-order valence-corrected chi connectivity index (χ4v) is 7.33. The molecule has 0 atom stereocenters. The van der Waals surface area contributed by atoms with Crippen molar-refractivity contribution < 1.29 is 0 Å². The molecule has 3 aromatic rings. The molecular weight excluding hydrogens is 446 g/mol. The van der Waals surface area contributed by atoms with E-state index in [0.29, 0.717) is 0 Å². The van der Waals surface area contributed by atoms with E-state index in [1.54, 1.807) is 0 Å². The number of nitrogens with zero attached hydrogens (tertiary/aromatic N) is 1. The van der Waals surface area contributed by atoms with E-state index < -0.39 is 0 Å². The fourth-order valence-electron chi connectivity index (χ4n) is 7.33. The molecule has 5 aliphatic rings. The number of aryl methyl sites for hydroxylation is 2. The van der Waals surface area contributed by atoms with Gasteiger partial charge in [-0.1, -0.05) is 115 Å². The molecule has 8 rings (SSSR count). The van der Waals surface area contributed by atoms with Crippen LogP contribution in [0, 0.1) is 24.7 Å². The largest absolute Gasteiger partial charge is 0.247 e. The molecule has 0 aliphatic heterocycles. The minimum absolute atomic E-state index is 0.0747. The first kappa shape index (κ1) is 20.9. The smallest absolute Gasteiger partial charge is 0.0806 e. The quantitative estimate of drug-likeness (QED) is 0.361. The Morgan fingerprint density at radius 2 is 1.11 bits per heavy atom. The van der Waals surface area contributed by atoms with Gasteiger partial charge in [0.2, 0.25) is 0 Å². The van der Waals surface area contributed by atoms with Crippen molar-refractivity contribution in [3.8, 4) is 0 Å². The Morgan fingerprint density at radius 3 is 1.62 bits per heavy atom. The molecule has 0 bridgehead atoms. The van der Waals surface area contributed by atoms with Crippen molar-refractivity contribution in [3.63, 3.8) is 0 Å². The zero-order chi connectivity index (χ0) is 24.8. The number of hydrogen-bond donors (Lipinski definition) is 0. The highest BCUT2D eigenvalue weighted by atomic mass is 14.8. The minimum Gasteiger partial charge on any atom is -0.247 e. The zero-order valence-electron chi connectivity index (χ0n) is 21.1. The molecule has 0 amide bonds. The average Bonchev–Trinajstić information content (AvgIpc) is 3.45. The Labute approximate surface area is 218 Å². The second-order valence-electron chi connectivity index (χ2n) is 10.9. The van der Waals surface area contributed by atoms with Crippen molar-refractivity contribution in [2.75, 3.05) is 0 Å². The summed E-state index contributed by atoms with van der Waals surface area (Å²) in [6, 6.07) is 28.3. The van der Waals surface area contributed by atoms with Crippen LogP contribution in [0.4, 0.5) is 5.69 Å². The summed E-state index contributed by atoms with van der Waals surface area (Å²) in [5.41, 5.74) is 15.5. The van der Waals surface area contributed by atoms with Gasteiger partial charge in [0, 0.05) is 22.0 Å². The lowest BCUT2D eigenvalue weighted by molar-refractivity contribution is 0.626. The highest BCUT2D eigenvalue weighted by Crippen LogP contribution is 2.82. The number of hydrogen-bond acceptors (Lipinski definition) is 1. The van der Waals surface area contributed by atoms with E-state index in [1.165, 1.54) is 55.7 Å². The van der Waals surface area contributed by atoms with Crippen LogP contribution in [0.3, 0.4) is 0 Å². The molecule has 0 saturated heterocycles. The van der Waals surface area contributed by atoms with Gasteiger partial charge >= 0.3 is 0 Å². The van der Waals surface area contributed by atoms with Gasteiger partial charge in [0.15, 0.2) is 0 Å². The fraction of sp³-hybridized carbons (Fsp3) is 0.139. The van der Waals surface area contributed by atoms with Gasteiger partial charge in [-0.25, -0.2) is 4.99 Å². The van der Waals surface area contributed by atoms with Gasteiger partial charge < -0.3 is 0 Å². The van der Waals surface area contributed by atoms with Crippen LogP contribution in [0.5, 0.6) is 0 Å². The van der Waals surface area contributed by atoms with Crippen LogP contribution in [-0.4, -0.2) is 5.71 Å². The van der Waals surface area contributed by atoms with E-state index in [4.69, 9.17) is 4.99 Å². The van der Waals surface area contributed by atoms with Gasteiger partial charge in [-0.05, 0) is 64.8 Å². The number of fused-ring (bicyclic) bond motifs is 3. The predicted octanol–water partition coefficient (Wildman–Crippen LogP) is 8.68.